The molecule has 6 rings (SSSR count). The Morgan fingerprint density at radius 3 is 1.28 bits per heavy atom. The van der Waals surface area contributed by atoms with Gasteiger partial charge in [0, 0.05) is 97.0 Å². The fraction of sp³-hybridized carbons (Fsp3) is 0.773. The number of hydrogen-bond acceptors (Lipinski definition) is 12. The van der Waals surface area contributed by atoms with Gasteiger partial charge in [0.2, 0.25) is 0 Å². The summed E-state index contributed by atoms with van der Waals surface area (Å²) >= 11 is 0. The molecular weight excluding hydrogens is 1200 g/mol. The van der Waals surface area contributed by atoms with Crippen molar-refractivity contribution < 1.29 is 119 Å². The molecule has 4 saturated carbocycles. The van der Waals surface area contributed by atoms with E-state index in [1.165, 1.54) is 0 Å². The van der Waals surface area contributed by atoms with Crippen LogP contribution in [0.1, 0.15) is 135 Å². The maximum atomic E-state index is 12.1. The molecule has 14 heteroatoms. The van der Waals surface area contributed by atoms with Gasteiger partial charge in [-0.1, -0.05) is 27.0 Å². The molecular formula is C44H68O12U2. The Kier molecular flexibility index (Phi) is 19.7. The van der Waals surface area contributed by atoms with E-state index in [1.54, 1.807) is 13.8 Å². The molecule has 58 heavy (non-hydrogen) atoms. The Hall–Kier alpha value is -1.60. The molecule has 0 amide bonds. The van der Waals surface area contributed by atoms with Gasteiger partial charge < -0.3 is 28.4 Å². The van der Waals surface area contributed by atoms with Crippen LogP contribution in [0.4, 0.5) is 0 Å². The van der Waals surface area contributed by atoms with Gasteiger partial charge in [0.15, 0.2) is 0 Å². The Labute approximate surface area is 393 Å². The molecule has 2 aliphatic heterocycles. The summed E-state index contributed by atoms with van der Waals surface area (Å²) in [5.74, 6) is 0.174. The predicted octanol–water partition coefficient (Wildman–Crippen LogP) is 7.64. The third-order valence-corrected chi connectivity index (χ3v) is 11.7. The zero-order chi connectivity index (χ0) is 42.9. The van der Waals surface area contributed by atoms with Crippen molar-refractivity contribution in [1.82, 2.24) is 0 Å². The summed E-state index contributed by atoms with van der Waals surface area (Å²) in [6, 6.07) is 0. The van der Waals surface area contributed by atoms with Gasteiger partial charge in [-0.3, -0.25) is 19.2 Å². The molecule has 2 saturated heterocycles. The molecule has 10 unspecified atom stereocenters. The fourth-order valence-corrected chi connectivity index (χ4v) is 7.71. The summed E-state index contributed by atoms with van der Waals surface area (Å²) in [5.41, 5.74) is -0.755. The molecule has 324 valence electrons. The van der Waals surface area contributed by atoms with Crippen molar-refractivity contribution in [3.63, 3.8) is 0 Å². The van der Waals surface area contributed by atoms with Gasteiger partial charge in [-0.15, -0.1) is 0 Å². The number of ether oxygens (including phenoxy) is 6. The smallest absolute Gasteiger partial charge is 0.333 e. The van der Waals surface area contributed by atoms with E-state index >= 15 is 0 Å². The quantitative estimate of drug-likeness (QED) is 0.133. The average molecular weight is 1270 g/mol. The van der Waals surface area contributed by atoms with Crippen molar-refractivity contribution in [2.45, 2.75) is 171 Å². The Morgan fingerprint density at radius 1 is 0.586 bits per heavy atom. The van der Waals surface area contributed by atoms with Gasteiger partial charge in [-0.05, 0) is 122 Å². The van der Waals surface area contributed by atoms with Crippen LogP contribution in [0.5, 0.6) is 0 Å². The van der Waals surface area contributed by atoms with Gasteiger partial charge in [0.05, 0.1) is 22.7 Å². The van der Waals surface area contributed by atoms with Gasteiger partial charge in [-0.2, -0.15) is 0 Å². The van der Waals surface area contributed by atoms with Crippen LogP contribution in [0.2, 0.25) is 0 Å². The maximum absolute atomic E-state index is 12.1. The standard InChI is InChI=1S/C14H20O4.C12H14O4.C10H20O2.C8H14O2.2U/c1-4-14(2,3)13(16)18-10-7-5-8-9(6-7)12(15)17-11(8)10;1-5(2)11(13)15-9-6-3-7-8(4-6)12(14)16-10(7)9;1-7-10(5,6)8(11)12-9(2,3)4;1-6(2)7(9)10-8(3,4)5;;/h7-11H,4-6H2,1-3H3;6-10H,1,3-4H2,2H3;7H2,1-6H3;1H2,2-5H3;;. The molecule has 0 aromatic carbocycles. The van der Waals surface area contributed by atoms with Crippen molar-refractivity contribution in [3.8, 4) is 0 Å². The van der Waals surface area contributed by atoms with E-state index in [9.17, 15) is 28.8 Å². The molecule has 12 nitrogen and oxygen atoms in total. The second kappa shape index (κ2) is 21.0. The maximum Gasteiger partial charge on any atom is 0.333 e. The molecule has 10 atom stereocenters. The van der Waals surface area contributed by atoms with E-state index in [2.05, 4.69) is 13.2 Å². The Morgan fingerprint density at radius 2 is 0.948 bits per heavy atom. The van der Waals surface area contributed by atoms with E-state index in [0.29, 0.717) is 28.9 Å². The minimum atomic E-state index is -0.455. The SMILES string of the molecule is C=C(C)C(=O)OC(C)(C)C.C=C(C)C(=O)OC1C2CC3C(=O)OC1C3C2.CCC(C)(C)C(=O)OC(C)(C)C.CCC(C)(C)C(=O)OC1C2CC3C(=O)OC1C3C2.[U].[U]. The van der Waals surface area contributed by atoms with Crippen molar-refractivity contribution in [2.24, 2.45) is 46.3 Å². The predicted molar refractivity (Wildman–Crippen MR) is 208 cm³/mol. The van der Waals surface area contributed by atoms with Crippen LogP contribution in [-0.2, 0) is 57.2 Å². The number of rotatable bonds is 8. The Balaban J connectivity index is 0.000000393. The number of fused-ring (bicyclic) bond motifs is 2. The molecule has 2 heterocycles. The topological polar surface area (TPSA) is 158 Å². The molecule has 6 fully saturated rings. The third-order valence-electron chi connectivity index (χ3n) is 11.7. The van der Waals surface area contributed by atoms with E-state index in [-0.39, 0.29) is 151 Å². The summed E-state index contributed by atoms with van der Waals surface area (Å²) in [7, 11) is 0. The zero-order valence-electron chi connectivity index (χ0n) is 37.3. The first-order valence-electron chi connectivity index (χ1n) is 20.1. The van der Waals surface area contributed by atoms with Gasteiger partial charge >= 0.3 is 35.8 Å². The first-order valence-corrected chi connectivity index (χ1v) is 20.1. The van der Waals surface area contributed by atoms with E-state index in [0.717, 1.165) is 38.5 Å². The van der Waals surface area contributed by atoms with E-state index < -0.39 is 11.0 Å². The van der Waals surface area contributed by atoms with Gasteiger partial charge in [0.25, 0.3) is 0 Å². The normalized spacial score (nSPS) is 29.2. The molecule has 0 aromatic heterocycles. The minimum Gasteiger partial charge on any atom is -0.460 e. The largest absolute Gasteiger partial charge is 0.460 e. The van der Waals surface area contributed by atoms with Crippen molar-refractivity contribution in [3.05, 3.63) is 24.3 Å². The third kappa shape index (κ3) is 13.7. The van der Waals surface area contributed by atoms with Crippen molar-refractivity contribution >= 4 is 35.8 Å². The summed E-state index contributed by atoms with van der Waals surface area (Å²) in [4.78, 5) is 69.0. The van der Waals surface area contributed by atoms with E-state index in [1.807, 2.05) is 83.1 Å². The monoisotopic (exact) mass is 1260 g/mol. The van der Waals surface area contributed by atoms with Crippen LogP contribution in [0.15, 0.2) is 24.3 Å². The van der Waals surface area contributed by atoms with Crippen molar-refractivity contribution in [2.75, 3.05) is 0 Å². The second-order valence-electron chi connectivity index (χ2n) is 19.6. The van der Waals surface area contributed by atoms with Crippen LogP contribution >= 0.6 is 0 Å². The number of hydrogen-bond donors (Lipinski definition) is 0. The van der Waals surface area contributed by atoms with Crippen LogP contribution in [0.25, 0.3) is 0 Å². The fourth-order valence-electron chi connectivity index (χ4n) is 7.71. The molecule has 4 bridgehead atoms. The number of esters is 6. The van der Waals surface area contributed by atoms with Gasteiger partial charge in [-0.25, -0.2) is 9.59 Å². The average Bonchev–Trinajstić information content (AvgIpc) is 3.90. The summed E-state index contributed by atoms with van der Waals surface area (Å²) < 4.78 is 31.9. The first-order chi connectivity index (χ1) is 25.5. The van der Waals surface area contributed by atoms with E-state index in [4.69, 9.17) is 28.4 Å². The molecule has 6 aliphatic rings. The molecule has 0 spiro atoms. The van der Waals surface area contributed by atoms with Crippen LogP contribution in [0.3, 0.4) is 0 Å². The van der Waals surface area contributed by atoms with Crippen LogP contribution in [-0.4, -0.2) is 71.4 Å². The van der Waals surface area contributed by atoms with Crippen molar-refractivity contribution in [1.29, 1.82) is 0 Å². The molecule has 0 N–H and O–H groups in total. The number of carbonyl (C=O) groups excluding carboxylic acids is 6. The first kappa shape index (κ1) is 54.4. The summed E-state index contributed by atoms with van der Waals surface area (Å²) in [6.07, 6.45) is 4.34. The number of carbonyl (C=O) groups is 6. The Bertz CT molecular complexity index is 1550. The molecule has 4 aliphatic carbocycles. The summed E-state index contributed by atoms with van der Waals surface area (Å²) in [6.45, 7) is 33.0. The van der Waals surface area contributed by atoms with Crippen LogP contribution < -0.4 is 0 Å². The minimum absolute atomic E-state index is 0. The van der Waals surface area contributed by atoms with Crippen LogP contribution in [0, 0.1) is 109 Å². The molecule has 0 aromatic rings. The molecule has 0 radical (unpaired) electrons. The van der Waals surface area contributed by atoms with Gasteiger partial charge in [0.1, 0.15) is 35.6 Å². The zero-order valence-corrected chi connectivity index (χ0v) is 45.7. The summed E-state index contributed by atoms with van der Waals surface area (Å²) in [5, 5.41) is 0. The second-order valence-corrected chi connectivity index (χ2v) is 19.6.